The van der Waals surface area contributed by atoms with Gasteiger partial charge in [-0.05, 0) is 0 Å². The second-order valence-electron chi connectivity index (χ2n) is 6.37. The van der Waals surface area contributed by atoms with Gasteiger partial charge in [-0.2, -0.15) is 0 Å². The number of hydrogen-bond donors (Lipinski definition) is 0. The van der Waals surface area contributed by atoms with E-state index in [9.17, 15) is 0 Å². The van der Waals surface area contributed by atoms with Crippen LogP contribution in [0, 0.1) is 11.8 Å². The zero-order chi connectivity index (χ0) is 11.6. The molecule has 0 bridgehead atoms. The van der Waals surface area contributed by atoms with Crippen molar-refractivity contribution in [1.29, 1.82) is 0 Å². The van der Waals surface area contributed by atoms with Crippen LogP contribution in [0.2, 0.25) is 0 Å². The zero-order valence-electron chi connectivity index (χ0n) is 10.8. The molecule has 0 N–H and O–H groups in total. The Balaban J connectivity index is 1.85. The topological polar surface area (TPSA) is 0 Å². The van der Waals surface area contributed by atoms with E-state index in [1.807, 2.05) is 0 Å². The summed E-state index contributed by atoms with van der Waals surface area (Å²) in [6.07, 6.45) is 13.9. The summed E-state index contributed by atoms with van der Waals surface area (Å²) in [6, 6.07) is 0. The van der Waals surface area contributed by atoms with Crippen LogP contribution in [-0.4, -0.2) is 25.2 Å². The molecule has 2 unspecified atom stereocenters. The van der Waals surface area contributed by atoms with Crippen LogP contribution in [0.4, 0.5) is 0 Å². The van der Waals surface area contributed by atoms with E-state index in [2.05, 4.69) is 25.9 Å². The molecule has 2 fully saturated rings. The molecule has 0 aromatic heterocycles. The molecule has 16 heavy (non-hydrogen) atoms. The number of hydrogen-bond acceptors (Lipinski definition) is 0. The van der Waals surface area contributed by atoms with Gasteiger partial charge in [0.15, 0.2) is 0 Å². The first-order chi connectivity index (χ1) is 7.63. The SMILES string of the molecule is C=CC1CC(=C)CC1CC[PH]1(C)CCCC1. The van der Waals surface area contributed by atoms with E-state index in [-0.39, 0.29) is 0 Å². The Morgan fingerprint density at radius 2 is 2.00 bits per heavy atom. The molecule has 1 saturated carbocycles. The fourth-order valence-corrected chi connectivity index (χ4v) is 7.73. The summed E-state index contributed by atoms with van der Waals surface area (Å²) in [6.45, 7) is 10.8. The molecule has 0 amide bonds. The fraction of sp³-hybridized carbons (Fsp3) is 0.733. The van der Waals surface area contributed by atoms with E-state index in [0.717, 1.165) is 11.8 Å². The first-order valence-corrected chi connectivity index (χ1v) is 10.0. The molecule has 1 aliphatic heterocycles. The Kier molecular flexibility index (Phi) is 3.90. The van der Waals surface area contributed by atoms with E-state index in [0.29, 0.717) is 0 Å². The van der Waals surface area contributed by atoms with Gasteiger partial charge in [0.05, 0.1) is 0 Å². The Morgan fingerprint density at radius 3 is 2.62 bits per heavy atom. The Bertz CT molecular complexity index is 273. The predicted octanol–water partition coefficient (Wildman–Crippen LogP) is 4.32. The van der Waals surface area contributed by atoms with Gasteiger partial charge in [0.1, 0.15) is 0 Å². The van der Waals surface area contributed by atoms with E-state index < -0.39 is 7.26 Å². The second-order valence-corrected chi connectivity index (χ2v) is 11.5. The summed E-state index contributed by atoms with van der Waals surface area (Å²) in [4.78, 5) is 0. The van der Waals surface area contributed by atoms with Crippen LogP contribution in [0.3, 0.4) is 0 Å². The van der Waals surface area contributed by atoms with E-state index in [4.69, 9.17) is 0 Å². The van der Waals surface area contributed by atoms with Crippen LogP contribution in [-0.2, 0) is 0 Å². The molecule has 2 atom stereocenters. The van der Waals surface area contributed by atoms with Gasteiger partial charge in [0, 0.05) is 0 Å². The third-order valence-electron chi connectivity index (χ3n) is 4.91. The monoisotopic (exact) mass is 238 g/mol. The summed E-state index contributed by atoms with van der Waals surface area (Å²) >= 11 is 0. The maximum atomic E-state index is 4.16. The van der Waals surface area contributed by atoms with Crippen molar-refractivity contribution in [3.05, 3.63) is 24.8 Å². The van der Waals surface area contributed by atoms with Gasteiger partial charge in [0.25, 0.3) is 0 Å². The quantitative estimate of drug-likeness (QED) is 0.505. The van der Waals surface area contributed by atoms with Crippen molar-refractivity contribution >= 4 is 7.26 Å². The molecule has 0 spiro atoms. The molecule has 2 aliphatic rings. The predicted molar refractivity (Wildman–Crippen MR) is 78.2 cm³/mol. The summed E-state index contributed by atoms with van der Waals surface area (Å²) in [5.41, 5.74) is 1.47. The first kappa shape index (κ1) is 12.4. The van der Waals surface area contributed by atoms with Gasteiger partial charge in [-0.3, -0.25) is 0 Å². The van der Waals surface area contributed by atoms with Crippen LogP contribution >= 0.6 is 7.26 Å². The summed E-state index contributed by atoms with van der Waals surface area (Å²) in [7, 11) is -0.782. The van der Waals surface area contributed by atoms with Gasteiger partial charge < -0.3 is 0 Å². The van der Waals surface area contributed by atoms with Gasteiger partial charge in [-0.25, -0.2) is 0 Å². The van der Waals surface area contributed by atoms with Crippen LogP contribution in [0.25, 0.3) is 0 Å². The summed E-state index contributed by atoms with van der Waals surface area (Å²) in [5, 5.41) is 0. The molecular weight excluding hydrogens is 211 g/mol. The van der Waals surface area contributed by atoms with Crippen molar-refractivity contribution in [3.63, 3.8) is 0 Å². The average Bonchev–Trinajstić information content (AvgIpc) is 2.82. The van der Waals surface area contributed by atoms with Crippen molar-refractivity contribution in [2.75, 3.05) is 25.2 Å². The molecule has 1 saturated heterocycles. The molecule has 1 heteroatoms. The second kappa shape index (κ2) is 5.05. The van der Waals surface area contributed by atoms with Gasteiger partial charge >= 0.3 is 101 Å². The zero-order valence-corrected chi connectivity index (χ0v) is 11.8. The molecule has 92 valence electrons. The maximum absolute atomic E-state index is 4.16. The van der Waals surface area contributed by atoms with E-state index in [1.54, 1.807) is 18.5 Å². The van der Waals surface area contributed by atoms with Crippen molar-refractivity contribution in [3.8, 4) is 0 Å². The Hall–Kier alpha value is -0.0900. The Labute approximate surface area is 102 Å². The molecule has 1 heterocycles. The van der Waals surface area contributed by atoms with Crippen LogP contribution in [0.1, 0.15) is 32.1 Å². The molecule has 0 aromatic rings. The van der Waals surface area contributed by atoms with Gasteiger partial charge in [-0.15, -0.1) is 0 Å². The molecule has 2 rings (SSSR count). The Morgan fingerprint density at radius 1 is 1.31 bits per heavy atom. The normalized spacial score (nSPS) is 35.2. The third-order valence-corrected chi connectivity index (χ3v) is 9.53. The van der Waals surface area contributed by atoms with E-state index in [1.165, 1.54) is 37.7 Å². The standard InChI is InChI=1S/C15H27P/c1-4-14-11-13(2)12-15(14)7-10-16(3)8-5-6-9-16/h4,14-16H,1-2,5-12H2,3H3. The van der Waals surface area contributed by atoms with Crippen LogP contribution in [0.5, 0.6) is 0 Å². The molecule has 0 nitrogen and oxygen atoms in total. The van der Waals surface area contributed by atoms with Gasteiger partial charge in [0.2, 0.25) is 0 Å². The van der Waals surface area contributed by atoms with Gasteiger partial charge in [-0.1, -0.05) is 0 Å². The van der Waals surface area contributed by atoms with Crippen LogP contribution < -0.4 is 0 Å². The molecular formula is C15H27P. The minimum absolute atomic E-state index is 0.742. The summed E-state index contributed by atoms with van der Waals surface area (Å²) in [5.74, 6) is 1.63. The molecule has 0 radical (unpaired) electrons. The number of rotatable bonds is 4. The third kappa shape index (κ3) is 2.77. The van der Waals surface area contributed by atoms with E-state index >= 15 is 0 Å². The van der Waals surface area contributed by atoms with Crippen molar-refractivity contribution in [1.82, 2.24) is 0 Å². The summed E-state index contributed by atoms with van der Waals surface area (Å²) < 4.78 is 0. The average molecular weight is 238 g/mol. The van der Waals surface area contributed by atoms with Crippen molar-refractivity contribution < 1.29 is 0 Å². The van der Waals surface area contributed by atoms with Crippen molar-refractivity contribution in [2.24, 2.45) is 11.8 Å². The first-order valence-electron chi connectivity index (χ1n) is 6.92. The number of allylic oxidation sites excluding steroid dienone is 2. The molecule has 0 aromatic carbocycles. The molecule has 1 aliphatic carbocycles. The fourth-order valence-electron chi connectivity index (χ4n) is 3.71. The van der Waals surface area contributed by atoms with Crippen LogP contribution in [0.15, 0.2) is 24.8 Å². The van der Waals surface area contributed by atoms with Crippen molar-refractivity contribution in [2.45, 2.75) is 32.1 Å². The minimum atomic E-state index is -0.782.